The number of hydrogen-bond acceptors (Lipinski definition) is 5. The van der Waals surface area contributed by atoms with Gasteiger partial charge in [0.1, 0.15) is 12.7 Å². The minimum Gasteiger partial charge on any atom is -0.458 e. The summed E-state index contributed by atoms with van der Waals surface area (Å²) in [4.78, 5) is 24.0. The molecule has 0 amide bonds. The highest BCUT2D eigenvalue weighted by Crippen LogP contribution is 2.69. The first-order valence-corrected chi connectivity index (χ1v) is 11.0. The fourth-order valence-corrected chi connectivity index (χ4v) is 8.24. The molecule has 1 aliphatic heterocycles. The molecule has 2 N–H and O–H groups in total. The zero-order valence-corrected chi connectivity index (χ0v) is 16.9. The summed E-state index contributed by atoms with van der Waals surface area (Å²) in [6, 6.07) is 0. The van der Waals surface area contributed by atoms with Gasteiger partial charge in [0.2, 0.25) is 0 Å². The Morgan fingerprint density at radius 3 is 2.57 bits per heavy atom. The second kappa shape index (κ2) is 5.91. The number of aliphatic hydroxyl groups excluding tert-OH is 1. The van der Waals surface area contributed by atoms with E-state index in [1.54, 1.807) is 6.08 Å². The van der Waals surface area contributed by atoms with E-state index in [1.807, 2.05) is 0 Å². The van der Waals surface area contributed by atoms with Crippen LogP contribution in [0.5, 0.6) is 0 Å². The summed E-state index contributed by atoms with van der Waals surface area (Å²) >= 11 is 0. The number of fused-ring (bicyclic) bond motifs is 5. The fourth-order valence-electron chi connectivity index (χ4n) is 8.24. The molecule has 1 heterocycles. The molecular weight excluding hydrogens is 356 g/mol. The average Bonchev–Trinajstić information content (AvgIpc) is 3.17. The molecule has 5 rings (SSSR count). The van der Waals surface area contributed by atoms with Crippen LogP contribution in [0.3, 0.4) is 0 Å². The topological polar surface area (TPSA) is 83.8 Å². The SMILES string of the molecule is C[C@@]12CC(=O)C(O)C[C@@H]1CC[C@@H]1[C@@H]2CC[C@]2(C)C(C3=CC(=O)OC3)CC[C@@]12O. The van der Waals surface area contributed by atoms with E-state index in [2.05, 4.69) is 13.8 Å². The van der Waals surface area contributed by atoms with Gasteiger partial charge in [-0.15, -0.1) is 0 Å². The number of carbonyl (C=O) groups excluding carboxylic acids is 2. The summed E-state index contributed by atoms with van der Waals surface area (Å²) in [7, 11) is 0. The molecule has 4 saturated carbocycles. The summed E-state index contributed by atoms with van der Waals surface area (Å²) in [5.41, 5.74) is -0.0481. The van der Waals surface area contributed by atoms with Crippen molar-refractivity contribution in [1.29, 1.82) is 0 Å². The van der Waals surface area contributed by atoms with Gasteiger partial charge in [-0.2, -0.15) is 0 Å². The first kappa shape index (κ1) is 18.8. The molecule has 5 nitrogen and oxygen atoms in total. The Bertz CT molecular complexity index is 758. The van der Waals surface area contributed by atoms with Crippen molar-refractivity contribution in [3.63, 3.8) is 0 Å². The van der Waals surface area contributed by atoms with Gasteiger partial charge < -0.3 is 14.9 Å². The van der Waals surface area contributed by atoms with Crippen LogP contribution < -0.4 is 0 Å². The largest absolute Gasteiger partial charge is 0.458 e. The Morgan fingerprint density at radius 2 is 1.86 bits per heavy atom. The maximum atomic E-state index is 12.4. The number of ether oxygens (including phenoxy) is 1. The molecule has 2 unspecified atom stereocenters. The van der Waals surface area contributed by atoms with Crippen LogP contribution in [0.4, 0.5) is 0 Å². The van der Waals surface area contributed by atoms with Gasteiger partial charge in [0.25, 0.3) is 0 Å². The molecule has 0 radical (unpaired) electrons. The van der Waals surface area contributed by atoms with Crippen molar-refractivity contribution in [1.82, 2.24) is 0 Å². The second-order valence-corrected chi connectivity index (χ2v) is 10.7. The molecule has 0 aromatic carbocycles. The van der Waals surface area contributed by atoms with E-state index in [1.165, 1.54) is 0 Å². The number of esters is 1. The number of rotatable bonds is 1. The predicted octanol–water partition coefficient (Wildman–Crippen LogP) is 2.78. The van der Waals surface area contributed by atoms with Crippen LogP contribution >= 0.6 is 0 Å². The van der Waals surface area contributed by atoms with Crippen molar-refractivity contribution in [2.24, 2.45) is 34.5 Å². The summed E-state index contributed by atoms with van der Waals surface area (Å²) in [6.45, 7) is 4.83. The zero-order chi connectivity index (χ0) is 19.9. The molecule has 5 aliphatic rings. The molecule has 0 aromatic heterocycles. The van der Waals surface area contributed by atoms with E-state index < -0.39 is 11.7 Å². The van der Waals surface area contributed by atoms with Crippen LogP contribution in [0.1, 0.15) is 65.2 Å². The van der Waals surface area contributed by atoms with Gasteiger partial charge in [-0.3, -0.25) is 4.79 Å². The minimum atomic E-state index is -0.797. The summed E-state index contributed by atoms with van der Waals surface area (Å²) in [5.74, 6) is 0.820. The zero-order valence-electron chi connectivity index (χ0n) is 16.9. The highest BCUT2D eigenvalue weighted by atomic mass is 16.5. The third-order valence-corrected chi connectivity index (χ3v) is 9.82. The third-order valence-electron chi connectivity index (χ3n) is 9.82. The Balaban J connectivity index is 1.48. The Labute approximate surface area is 166 Å². The molecule has 4 fully saturated rings. The molecule has 4 aliphatic carbocycles. The van der Waals surface area contributed by atoms with Crippen molar-refractivity contribution in [2.75, 3.05) is 6.61 Å². The lowest BCUT2D eigenvalue weighted by atomic mass is 9.43. The maximum Gasteiger partial charge on any atom is 0.331 e. The van der Waals surface area contributed by atoms with Crippen LogP contribution in [0.25, 0.3) is 0 Å². The van der Waals surface area contributed by atoms with Gasteiger partial charge in [-0.1, -0.05) is 13.8 Å². The predicted molar refractivity (Wildman–Crippen MR) is 102 cm³/mol. The molecule has 154 valence electrons. The Kier molecular flexibility index (Phi) is 3.97. The summed E-state index contributed by atoms with van der Waals surface area (Å²) in [6.07, 6.45) is 7.43. The number of aliphatic hydroxyl groups is 2. The van der Waals surface area contributed by atoms with Gasteiger partial charge >= 0.3 is 5.97 Å². The van der Waals surface area contributed by atoms with Crippen molar-refractivity contribution in [2.45, 2.75) is 76.9 Å². The molecule has 8 atom stereocenters. The van der Waals surface area contributed by atoms with Gasteiger partial charge in [-0.25, -0.2) is 4.79 Å². The Hall–Kier alpha value is -1.20. The van der Waals surface area contributed by atoms with E-state index in [-0.39, 0.29) is 34.4 Å². The van der Waals surface area contributed by atoms with Crippen molar-refractivity contribution in [3.8, 4) is 0 Å². The molecule has 0 bridgehead atoms. The molecule has 0 spiro atoms. The first-order chi connectivity index (χ1) is 13.2. The lowest BCUT2D eigenvalue weighted by Gasteiger charge is -2.63. The molecule has 0 saturated heterocycles. The number of Topliss-reactive ketones (excluding diaryl/α,β-unsaturated/α-hetero) is 1. The van der Waals surface area contributed by atoms with Gasteiger partial charge in [0.15, 0.2) is 5.78 Å². The molecule has 0 aromatic rings. The molecular formula is C23H32O5. The number of ketones is 1. The standard InChI is InChI=1S/C23H32O5/c1-21-11-19(25)18(24)10-14(21)3-4-17-16(21)5-7-22(2)15(6-8-23(17,22)27)13-9-20(26)28-12-13/h9,14-18,24,27H,3-8,10-12H2,1-2H3/t14-,15?,16-,17+,18?,21+,22+,23+/m0/s1. The summed E-state index contributed by atoms with van der Waals surface area (Å²) in [5, 5.41) is 22.2. The van der Waals surface area contributed by atoms with Crippen molar-refractivity contribution >= 4 is 11.8 Å². The van der Waals surface area contributed by atoms with Crippen LogP contribution in [-0.4, -0.2) is 40.3 Å². The second-order valence-electron chi connectivity index (χ2n) is 10.7. The minimum absolute atomic E-state index is 0.0178. The molecule has 28 heavy (non-hydrogen) atoms. The number of cyclic esters (lactones) is 1. The average molecular weight is 389 g/mol. The van der Waals surface area contributed by atoms with Gasteiger partial charge in [0, 0.05) is 17.9 Å². The van der Waals surface area contributed by atoms with Crippen molar-refractivity contribution < 1.29 is 24.5 Å². The fraction of sp³-hybridized carbons (Fsp3) is 0.826. The maximum absolute atomic E-state index is 12.4. The van der Waals surface area contributed by atoms with Crippen LogP contribution in [-0.2, 0) is 14.3 Å². The van der Waals surface area contributed by atoms with E-state index in [9.17, 15) is 19.8 Å². The normalized spacial score (nSPS) is 53.1. The van der Waals surface area contributed by atoms with E-state index in [4.69, 9.17) is 4.74 Å². The third kappa shape index (κ3) is 2.26. The first-order valence-electron chi connectivity index (χ1n) is 11.0. The lowest BCUT2D eigenvalue weighted by Crippen LogP contribution is -2.63. The highest BCUT2D eigenvalue weighted by molar-refractivity contribution is 5.85. The smallest absolute Gasteiger partial charge is 0.331 e. The quantitative estimate of drug-likeness (QED) is 0.675. The number of carbonyl (C=O) groups is 2. The Morgan fingerprint density at radius 1 is 1.07 bits per heavy atom. The molecule has 5 heteroatoms. The van der Waals surface area contributed by atoms with Crippen molar-refractivity contribution in [3.05, 3.63) is 11.6 Å². The van der Waals surface area contributed by atoms with Crippen LogP contribution in [0.15, 0.2) is 11.6 Å². The lowest BCUT2D eigenvalue weighted by molar-refractivity contribution is -0.207. The van der Waals surface area contributed by atoms with Crippen LogP contribution in [0, 0.1) is 34.5 Å². The van der Waals surface area contributed by atoms with Gasteiger partial charge in [-0.05, 0) is 79.6 Å². The van der Waals surface area contributed by atoms with E-state index in [0.717, 1.165) is 44.1 Å². The number of hydrogen-bond donors (Lipinski definition) is 2. The van der Waals surface area contributed by atoms with E-state index in [0.29, 0.717) is 31.3 Å². The van der Waals surface area contributed by atoms with Gasteiger partial charge in [0.05, 0.1) is 5.60 Å². The monoisotopic (exact) mass is 388 g/mol. The summed E-state index contributed by atoms with van der Waals surface area (Å²) < 4.78 is 5.18. The van der Waals surface area contributed by atoms with E-state index >= 15 is 0 Å². The highest BCUT2D eigenvalue weighted by Gasteiger charge is 2.68. The van der Waals surface area contributed by atoms with Crippen LogP contribution in [0.2, 0.25) is 0 Å².